The number of halogens is 1. The molecule has 0 heterocycles. The third-order valence-corrected chi connectivity index (χ3v) is 3.13. The Morgan fingerprint density at radius 1 is 1.16 bits per heavy atom. The highest BCUT2D eigenvalue weighted by Gasteiger charge is 2.10. The van der Waals surface area contributed by atoms with Crippen LogP contribution in [0.25, 0.3) is 0 Å². The molecule has 100 valence electrons. The second-order valence-electron chi connectivity index (χ2n) is 4.73. The van der Waals surface area contributed by atoms with E-state index in [1.807, 2.05) is 42.3 Å². The minimum absolute atomic E-state index is 0.308. The molecule has 0 bridgehead atoms. The Balaban J connectivity index is 2.17. The molecule has 0 aliphatic heterocycles. The largest absolute Gasteiger partial charge is 0.389 e. The molecule has 0 aliphatic carbocycles. The predicted molar refractivity (Wildman–Crippen MR) is 75.6 cm³/mol. The van der Waals surface area contributed by atoms with Gasteiger partial charge in [0.2, 0.25) is 0 Å². The molecule has 0 fully saturated rings. The zero-order valence-electron chi connectivity index (χ0n) is 11.2. The van der Waals surface area contributed by atoms with Crippen LogP contribution in [0.3, 0.4) is 0 Å². The molecular formula is C16H18FNO. The Hall–Kier alpha value is -1.87. The third-order valence-electron chi connectivity index (χ3n) is 3.13. The van der Waals surface area contributed by atoms with Crippen LogP contribution in [0.1, 0.15) is 24.2 Å². The Bertz CT molecular complexity index is 540. The standard InChI is InChI=1S/C16H18FNO/c1-12(19)14-8-9-16(15(17)10-14)18(2)11-13-6-4-3-5-7-13/h3-10,12,19H,11H2,1-2H3/t12-/m0/s1. The average Bonchev–Trinajstić information content (AvgIpc) is 2.39. The summed E-state index contributed by atoms with van der Waals surface area (Å²) in [5.74, 6) is -0.308. The molecule has 19 heavy (non-hydrogen) atoms. The van der Waals surface area contributed by atoms with Crippen LogP contribution < -0.4 is 4.90 Å². The van der Waals surface area contributed by atoms with Gasteiger partial charge in [-0.1, -0.05) is 36.4 Å². The minimum Gasteiger partial charge on any atom is -0.389 e. The third kappa shape index (κ3) is 3.32. The van der Waals surface area contributed by atoms with Crippen LogP contribution in [0.5, 0.6) is 0 Å². The topological polar surface area (TPSA) is 23.5 Å². The van der Waals surface area contributed by atoms with Crippen molar-refractivity contribution >= 4 is 5.69 Å². The van der Waals surface area contributed by atoms with Crippen molar-refractivity contribution < 1.29 is 9.50 Å². The molecule has 0 aromatic heterocycles. The number of nitrogens with zero attached hydrogens (tertiary/aromatic N) is 1. The Kier molecular flexibility index (Phi) is 4.17. The van der Waals surface area contributed by atoms with Gasteiger partial charge in [-0.25, -0.2) is 4.39 Å². The van der Waals surface area contributed by atoms with Gasteiger partial charge in [-0.15, -0.1) is 0 Å². The van der Waals surface area contributed by atoms with Gasteiger partial charge in [0.05, 0.1) is 11.8 Å². The smallest absolute Gasteiger partial charge is 0.146 e. The molecule has 0 saturated carbocycles. The number of benzene rings is 2. The monoisotopic (exact) mass is 259 g/mol. The Labute approximate surface area is 113 Å². The van der Waals surface area contributed by atoms with Crippen LogP contribution in [0, 0.1) is 5.82 Å². The molecule has 2 rings (SSSR count). The van der Waals surface area contributed by atoms with Crippen molar-refractivity contribution in [3.05, 3.63) is 65.5 Å². The van der Waals surface area contributed by atoms with Crippen molar-refractivity contribution in [1.29, 1.82) is 0 Å². The highest BCUT2D eigenvalue weighted by molar-refractivity contribution is 5.49. The van der Waals surface area contributed by atoms with Crippen LogP contribution in [-0.2, 0) is 6.54 Å². The summed E-state index contributed by atoms with van der Waals surface area (Å²) in [6, 6.07) is 14.8. The number of anilines is 1. The molecule has 2 nitrogen and oxygen atoms in total. The fourth-order valence-corrected chi connectivity index (χ4v) is 2.04. The molecule has 1 atom stereocenters. The van der Waals surface area contributed by atoms with Crippen LogP contribution >= 0.6 is 0 Å². The minimum atomic E-state index is -0.650. The summed E-state index contributed by atoms with van der Waals surface area (Å²) >= 11 is 0. The molecule has 0 radical (unpaired) electrons. The molecule has 3 heteroatoms. The second-order valence-corrected chi connectivity index (χ2v) is 4.73. The first-order valence-corrected chi connectivity index (χ1v) is 6.30. The van der Waals surface area contributed by atoms with Gasteiger partial charge in [0, 0.05) is 13.6 Å². The molecule has 2 aromatic rings. The van der Waals surface area contributed by atoms with E-state index in [0.29, 0.717) is 17.8 Å². The number of hydrogen-bond donors (Lipinski definition) is 1. The van der Waals surface area contributed by atoms with Gasteiger partial charge in [0.15, 0.2) is 0 Å². The summed E-state index contributed by atoms with van der Waals surface area (Å²) < 4.78 is 14.0. The number of rotatable bonds is 4. The average molecular weight is 259 g/mol. The maximum Gasteiger partial charge on any atom is 0.146 e. The summed E-state index contributed by atoms with van der Waals surface area (Å²) in [5.41, 5.74) is 2.26. The summed E-state index contributed by atoms with van der Waals surface area (Å²) in [5, 5.41) is 9.43. The van der Waals surface area contributed by atoms with Gasteiger partial charge in [-0.05, 0) is 30.2 Å². The Morgan fingerprint density at radius 2 is 1.84 bits per heavy atom. The van der Waals surface area contributed by atoms with E-state index in [4.69, 9.17) is 0 Å². The van der Waals surface area contributed by atoms with E-state index in [2.05, 4.69) is 0 Å². The van der Waals surface area contributed by atoms with E-state index in [1.54, 1.807) is 19.1 Å². The summed E-state index contributed by atoms with van der Waals surface area (Å²) in [7, 11) is 1.85. The lowest BCUT2D eigenvalue weighted by atomic mass is 10.1. The lowest BCUT2D eigenvalue weighted by Gasteiger charge is -2.21. The van der Waals surface area contributed by atoms with Gasteiger partial charge < -0.3 is 10.0 Å². The van der Waals surface area contributed by atoms with Crippen molar-refractivity contribution in [2.24, 2.45) is 0 Å². The Morgan fingerprint density at radius 3 is 2.42 bits per heavy atom. The van der Waals surface area contributed by atoms with Gasteiger partial charge >= 0.3 is 0 Å². The van der Waals surface area contributed by atoms with Crippen LogP contribution in [-0.4, -0.2) is 12.2 Å². The maximum atomic E-state index is 14.0. The van der Waals surface area contributed by atoms with Gasteiger partial charge in [-0.2, -0.15) is 0 Å². The molecule has 2 aromatic carbocycles. The SMILES string of the molecule is C[C@H](O)c1ccc(N(C)Cc2ccccc2)c(F)c1. The molecular weight excluding hydrogens is 241 g/mol. The first-order valence-electron chi connectivity index (χ1n) is 6.30. The van der Waals surface area contributed by atoms with Crippen molar-refractivity contribution in [3.63, 3.8) is 0 Å². The molecule has 0 saturated heterocycles. The molecule has 0 amide bonds. The predicted octanol–water partition coefficient (Wildman–Crippen LogP) is 3.52. The molecule has 0 spiro atoms. The maximum absolute atomic E-state index is 14.0. The number of aliphatic hydroxyl groups excluding tert-OH is 1. The summed E-state index contributed by atoms with van der Waals surface area (Å²) in [4.78, 5) is 1.86. The fourth-order valence-electron chi connectivity index (χ4n) is 2.04. The fraction of sp³-hybridized carbons (Fsp3) is 0.250. The number of aliphatic hydroxyl groups is 1. The van der Waals surface area contributed by atoms with E-state index < -0.39 is 6.10 Å². The quantitative estimate of drug-likeness (QED) is 0.908. The lowest BCUT2D eigenvalue weighted by molar-refractivity contribution is 0.199. The highest BCUT2D eigenvalue weighted by atomic mass is 19.1. The van der Waals surface area contributed by atoms with Crippen molar-refractivity contribution in [2.45, 2.75) is 19.6 Å². The molecule has 0 unspecified atom stereocenters. The van der Waals surface area contributed by atoms with Crippen molar-refractivity contribution in [1.82, 2.24) is 0 Å². The van der Waals surface area contributed by atoms with E-state index in [0.717, 1.165) is 5.56 Å². The van der Waals surface area contributed by atoms with E-state index in [1.165, 1.54) is 6.07 Å². The summed E-state index contributed by atoms with van der Waals surface area (Å²) in [6.07, 6.45) is -0.650. The van der Waals surface area contributed by atoms with Gasteiger partial charge in [0.25, 0.3) is 0 Å². The first kappa shape index (κ1) is 13.6. The second kappa shape index (κ2) is 5.85. The van der Waals surface area contributed by atoms with Crippen LogP contribution in [0.4, 0.5) is 10.1 Å². The van der Waals surface area contributed by atoms with Crippen LogP contribution in [0.15, 0.2) is 48.5 Å². The zero-order chi connectivity index (χ0) is 13.8. The molecule has 0 aliphatic rings. The van der Waals surface area contributed by atoms with E-state index in [9.17, 15) is 9.50 Å². The van der Waals surface area contributed by atoms with Crippen molar-refractivity contribution in [2.75, 3.05) is 11.9 Å². The van der Waals surface area contributed by atoms with E-state index >= 15 is 0 Å². The molecule has 1 N–H and O–H groups in total. The van der Waals surface area contributed by atoms with Gasteiger partial charge in [-0.3, -0.25) is 0 Å². The highest BCUT2D eigenvalue weighted by Crippen LogP contribution is 2.23. The normalized spacial score (nSPS) is 12.2. The zero-order valence-corrected chi connectivity index (χ0v) is 11.2. The van der Waals surface area contributed by atoms with E-state index in [-0.39, 0.29) is 5.82 Å². The number of hydrogen-bond acceptors (Lipinski definition) is 2. The van der Waals surface area contributed by atoms with Gasteiger partial charge in [0.1, 0.15) is 5.82 Å². The van der Waals surface area contributed by atoms with Crippen LogP contribution in [0.2, 0.25) is 0 Å². The lowest BCUT2D eigenvalue weighted by Crippen LogP contribution is -2.17. The van der Waals surface area contributed by atoms with Crippen molar-refractivity contribution in [3.8, 4) is 0 Å². The first-order chi connectivity index (χ1) is 9.08. The summed E-state index contributed by atoms with van der Waals surface area (Å²) in [6.45, 7) is 2.27.